The lowest BCUT2D eigenvalue weighted by atomic mass is 10.4. The number of hydrogen-bond acceptors (Lipinski definition) is 3. The van der Waals surface area contributed by atoms with E-state index in [2.05, 4.69) is 9.97 Å². The van der Waals surface area contributed by atoms with Crippen molar-refractivity contribution in [2.75, 3.05) is 0 Å². The zero-order valence-corrected chi connectivity index (χ0v) is 7.60. The molecule has 4 heteroatoms. The third kappa shape index (κ3) is 1.19. The van der Waals surface area contributed by atoms with Crippen LogP contribution in [0.25, 0.3) is 11.2 Å². The van der Waals surface area contributed by atoms with E-state index < -0.39 is 6.10 Å². The van der Waals surface area contributed by atoms with E-state index >= 15 is 0 Å². The van der Waals surface area contributed by atoms with Gasteiger partial charge in [-0.3, -0.25) is 0 Å². The fraction of sp³-hybridized carbons (Fsp3) is 0.333. The highest BCUT2D eigenvalue weighted by Crippen LogP contribution is 2.16. The Morgan fingerprint density at radius 2 is 2.31 bits per heavy atom. The molecule has 0 radical (unpaired) electrons. The summed E-state index contributed by atoms with van der Waals surface area (Å²) in [6.07, 6.45) is 1.14. The van der Waals surface area contributed by atoms with Crippen LogP contribution in [0, 0.1) is 0 Å². The minimum atomic E-state index is -0.556. The Bertz CT molecular complexity index is 433. The first kappa shape index (κ1) is 8.19. The van der Waals surface area contributed by atoms with Gasteiger partial charge in [-0.2, -0.15) is 0 Å². The van der Waals surface area contributed by atoms with Gasteiger partial charge in [0, 0.05) is 13.2 Å². The molecule has 0 aromatic carbocycles. The van der Waals surface area contributed by atoms with E-state index in [1.54, 1.807) is 13.1 Å². The molecule has 2 heterocycles. The fourth-order valence-electron chi connectivity index (χ4n) is 1.42. The van der Waals surface area contributed by atoms with Crippen molar-refractivity contribution in [1.29, 1.82) is 0 Å². The van der Waals surface area contributed by atoms with Crippen molar-refractivity contribution < 1.29 is 5.11 Å². The van der Waals surface area contributed by atoms with Gasteiger partial charge in [0.1, 0.15) is 11.9 Å². The molecule has 2 rings (SSSR count). The number of nitrogens with zero attached hydrogens (tertiary/aromatic N) is 3. The van der Waals surface area contributed by atoms with Gasteiger partial charge in [0.2, 0.25) is 0 Å². The molecule has 0 aliphatic heterocycles. The largest absolute Gasteiger partial charge is 0.385 e. The van der Waals surface area contributed by atoms with Crippen LogP contribution in [0.3, 0.4) is 0 Å². The summed E-state index contributed by atoms with van der Waals surface area (Å²) in [6.45, 7) is 1.70. The van der Waals surface area contributed by atoms with E-state index in [1.807, 2.05) is 23.7 Å². The van der Waals surface area contributed by atoms with Crippen molar-refractivity contribution in [3.05, 3.63) is 24.2 Å². The highest BCUT2D eigenvalue weighted by Gasteiger charge is 2.11. The van der Waals surface area contributed by atoms with Gasteiger partial charge in [0.15, 0.2) is 5.65 Å². The predicted octanol–water partition coefficient (Wildman–Crippen LogP) is 1.02. The molecule has 4 nitrogen and oxygen atoms in total. The second kappa shape index (κ2) is 2.81. The minimum absolute atomic E-state index is 0.556. The number of hydrogen-bond donors (Lipinski definition) is 1. The molecule has 1 N–H and O–H groups in total. The Morgan fingerprint density at radius 1 is 1.54 bits per heavy atom. The molecule has 0 aliphatic rings. The van der Waals surface area contributed by atoms with Gasteiger partial charge in [-0.05, 0) is 19.1 Å². The summed E-state index contributed by atoms with van der Waals surface area (Å²) in [4.78, 5) is 8.32. The molecule has 13 heavy (non-hydrogen) atoms. The summed E-state index contributed by atoms with van der Waals surface area (Å²) in [7, 11) is 1.87. The molecule has 68 valence electrons. The monoisotopic (exact) mass is 177 g/mol. The average molecular weight is 177 g/mol. The molecule has 0 bridgehead atoms. The maximum atomic E-state index is 9.39. The van der Waals surface area contributed by atoms with Gasteiger partial charge in [-0.15, -0.1) is 0 Å². The van der Waals surface area contributed by atoms with Crippen LogP contribution in [-0.4, -0.2) is 19.6 Å². The molecule has 0 saturated heterocycles. The van der Waals surface area contributed by atoms with E-state index in [4.69, 9.17) is 0 Å². The summed E-state index contributed by atoms with van der Waals surface area (Å²) in [6, 6.07) is 3.79. The SMILES string of the molecule is CC(O)c1nc2ncccc2n1C. The van der Waals surface area contributed by atoms with Gasteiger partial charge in [0.25, 0.3) is 0 Å². The molecule has 0 spiro atoms. The van der Waals surface area contributed by atoms with Gasteiger partial charge in [0.05, 0.1) is 5.52 Å². The van der Waals surface area contributed by atoms with Crippen LogP contribution in [0.4, 0.5) is 0 Å². The first-order valence-electron chi connectivity index (χ1n) is 4.15. The Kier molecular flexibility index (Phi) is 1.77. The van der Waals surface area contributed by atoms with Crippen molar-refractivity contribution in [2.24, 2.45) is 7.05 Å². The lowest BCUT2D eigenvalue weighted by molar-refractivity contribution is 0.186. The Hall–Kier alpha value is -1.42. The summed E-state index contributed by atoms with van der Waals surface area (Å²) in [5.74, 6) is 0.647. The number of aliphatic hydroxyl groups is 1. The number of aromatic nitrogens is 3. The number of imidazole rings is 1. The second-order valence-electron chi connectivity index (χ2n) is 3.05. The number of pyridine rings is 1. The highest BCUT2D eigenvalue weighted by molar-refractivity contribution is 5.71. The Morgan fingerprint density at radius 3 is 2.92 bits per heavy atom. The Labute approximate surface area is 75.9 Å². The maximum absolute atomic E-state index is 9.39. The van der Waals surface area contributed by atoms with E-state index in [-0.39, 0.29) is 0 Å². The summed E-state index contributed by atoms with van der Waals surface area (Å²) in [5.41, 5.74) is 1.62. The van der Waals surface area contributed by atoms with Crippen LogP contribution in [-0.2, 0) is 7.05 Å². The van der Waals surface area contributed by atoms with E-state index in [0.29, 0.717) is 11.5 Å². The van der Waals surface area contributed by atoms with Crippen molar-refractivity contribution in [3.63, 3.8) is 0 Å². The van der Waals surface area contributed by atoms with E-state index in [0.717, 1.165) is 5.52 Å². The van der Waals surface area contributed by atoms with Crippen molar-refractivity contribution in [1.82, 2.24) is 14.5 Å². The van der Waals surface area contributed by atoms with Crippen molar-refractivity contribution in [3.8, 4) is 0 Å². The summed E-state index contributed by atoms with van der Waals surface area (Å²) in [5, 5.41) is 9.39. The van der Waals surface area contributed by atoms with Gasteiger partial charge < -0.3 is 9.67 Å². The summed E-state index contributed by atoms with van der Waals surface area (Å²) < 4.78 is 1.85. The number of fused-ring (bicyclic) bond motifs is 1. The third-order valence-electron chi connectivity index (χ3n) is 2.07. The predicted molar refractivity (Wildman–Crippen MR) is 49.1 cm³/mol. The van der Waals surface area contributed by atoms with Gasteiger partial charge >= 0.3 is 0 Å². The molecule has 0 amide bonds. The number of aryl methyl sites for hydroxylation is 1. The number of aliphatic hydroxyl groups excluding tert-OH is 1. The van der Waals surface area contributed by atoms with Crippen LogP contribution < -0.4 is 0 Å². The van der Waals surface area contributed by atoms with Crippen LogP contribution in [0.1, 0.15) is 18.9 Å². The molecular weight excluding hydrogens is 166 g/mol. The summed E-state index contributed by atoms with van der Waals surface area (Å²) >= 11 is 0. The first-order valence-corrected chi connectivity index (χ1v) is 4.15. The Balaban J connectivity index is 2.74. The van der Waals surface area contributed by atoms with Gasteiger partial charge in [-0.1, -0.05) is 0 Å². The zero-order valence-electron chi connectivity index (χ0n) is 7.60. The third-order valence-corrected chi connectivity index (χ3v) is 2.07. The molecule has 1 atom stereocenters. The highest BCUT2D eigenvalue weighted by atomic mass is 16.3. The molecule has 0 fully saturated rings. The lowest BCUT2D eigenvalue weighted by Crippen LogP contribution is -2.01. The normalized spacial score (nSPS) is 13.5. The molecule has 2 aromatic rings. The lowest BCUT2D eigenvalue weighted by Gasteiger charge is -2.03. The average Bonchev–Trinajstić information content (AvgIpc) is 2.45. The van der Waals surface area contributed by atoms with Crippen LogP contribution in [0.15, 0.2) is 18.3 Å². The molecular formula is C9H11N3O. The van der Waals surface area contributed by atoms with E-state index in [1.165, 1.54) is 0 Å². The quantitative estimate of drug-likeness (QED) is 0.707. The molecule has 1 unspecified atom stereocenters. The van der Waals surface area contributed by atoms with Crippen molar-refractivity contribution in [2.45, 2.75) is 13.0 Å². The first-order chi connectivity index (χ1) is 6.20. The standard InChI is InChI=1S/C9H11N3O/c1-6(13)9-11-8-7(12(9)2)4-3-5-10-8/h3-6,13H,1-2H3. The fourth-order valence-corrected chi connectivity index (χ4v) is 1.42. The topological polar surface area (TPSA) is 50.9 Å². The molecule has 2 aromatic heterocycles. The smallest absolute Gasteiger partial charge is 0.178 e. The maximum Gasteiger partial charge on any atom is 0.178 e. The van der Waals surface area contributed by atoms with Crippen LogP contribution in [0.2, 0.25) is 0 Å². The minimum Gasteiger partial charge on any atom is -0.385 e. The molecule has 0 saturated carbocycles. The van der Waals surface area contributed by atoms with Crippen LogP contribution >= 0.6 is 0 Å². The van der Waals surface area contributed by atoms with Crippen LogP contribution in [0.5, 0.6) is 0 Å². The second-order valence-corrected chi connectivity index (χ2v) is 3.05. The van der Waals surface area contributed by atoms with Crippen molar-refractivity contribution >= 4 is 11.2 Å². The van der Waals surface area contributed by atoms with E-state index in [9.17, 15) is 5.11 Å². The molecule has 0 aliphatic carbocycles. The zero-order chi connectivity index (χ0) is 9.42. The van der Waals surface area contributed by atoms with Gasteiger partial charge in [-0.25, -0.2) is 9.97 Å². The number of rotatable bonds is 1.